The topological polar surface area (TPSA) is 53.2 Å². The van der Waals surface area contributed by atoms with E-state index in [1.165, 1.54) is 6.07 Å². The highest BCUT2D eigenvalue weighted by molar-refractivity contribution is 5.99. The summed E-state index contributed by atoms with van der Waals surface area (Å²) in [6.07, 6.45) is 4.16. The van der Waals surface area contributed by atoms with E-state index < -0.39 is 0 Å². The Balaban J connectivity index is 2.32. The van der Waals surface area contributed by atoms with Gasteiger partial charge in [0.1, 0.15) is 5.56 Å². The molecule has 0 atom stereocenters. The van der Waals surface area contributed by atoms with Gasteiger partial charge >= 0.3 is 0 Å². The van der Waals surface area contributed by atoms with E-state index in [4.69, 9.17) is 0 Å². The van der Waals surface area contributed by atoms with Gasteiger partial charge in [0.05, 0.1) is 11.2 Å². The number of hydrogen-bond donors (Lipinski definition) is 1. The zero-order chi connectivity index (χ0) is 12.2. The number of aromatic amines is 1. The fourth-order valence-corrected chi connectivity index (χ4v) is 3.32. The van der Waals surface area contributed by atoms with Crippen molar-refractivity contribution in [3.63, 3.8) is 0 Å². The number of fused-ring (bicyclic) bond motifs is 2. The molecule has 0 unspecified atom stereocenters. The summed E-state index contributed by atoms with van der Waals surface area (Å²) in [6, 6.07) is 1.51. The normalized spacial score (nSPS) is 21.3. The van der Waals surface area contributed by atoms with Gasteiger partial charge < -0.3 is 9.88 Å². The maximum Gasteiger partial charge on any atom is 0.260 e. The smallest absolute Gasteiger partial charge is 0.260 e. The van der Waals surface area contributed by atoms with Crippen LogP contribution in [0.1, 0.15) is 47.4 Å². The van der Waals surface area contributed by atoms with E-state index in [0.29, 0.717) is 5.56 Å². The molecule has 0 bridgehead atoms. The molecule has 3 rings (SSSR count). The van der Waals surface area contributed by atoms with Gasteiger partial charge in [0, 0.05) is 18.8 Å². The van der Waals surface area contributed by atoms with Crippen LogP contribution in [0.15, 0.2) is 10.9 Å². The molecule has 2 aliphatic rings. The quantitative estimate of drug-likeness (QED) is 0.737. The van der Waals surface area contributed by atoms with Crippen molar-refractivity contribution in [2.75, 3.05) is 7.05 Å². The van der Waals surface area contributed by atoms with E-state index in [-0.39, 0.29) is 16.9 Å². The molecule has 2 heterocycles. The monoisotopic (exact) mass is 232 g/mol. The van der Waals surface area contributed by atoms with Crippen molar-refractivity contribution < 1.29 is 4.79 Å². The van der Waals surface area contributed by atoms with Gasteiger partial charge in [-0.25, -0.2) is 0 Å². The SMILES string of the molecule is Cc1cc(=O)c2c([nH]1)C1(CCCC1)N(C)C2=O. The molecule has 0 aromatic carbocycles. The molecule has 1 aromatic heterocycles. The van der Waals surface area contributed by atoms with Crippen molar-refractivity contribution in [1.29, 1.82) is 0 Å². The summed E-state index contributed by atoms with van der Waals surface area (Å²) in [6.45, 7) is 1.87. The largest absolute Gasteiger partial charge is 0.360 e. The number of hydrogen-bond acceptors (Lipinski definition) is 2. The Kier molecular flexibility index (Phi) is 2.00. The van der Waals surface area contributed by atoms with Gasteiger partial charge in [0.15, 0.2) is 5.43 Å². The summed E-state index contributed by atoms with van der Waals surface area (Å²) in [5, 5.41) is 0. The van der Waals surface area contributed by atoms with Crippen LogP contribution in [0.2, 0.25) is 0 Å². The summed E-state index contributed by atoms with van der Waals surface area (Å²) >= 11 is 0. The molecule has 1 spiro atoms. The van der Waals surface area contributed by atoms with E-state index in [1.54, 1.807) is 4.90 Å². The molecule has 4 heteroatoms. The highest BCUT2D eigenvalue weighted by Crippen LogP contribution is 2.47. The molecule has 1 fully saturated rings. The zero-order valence-corrected chi connectivity index (χ0v) is 10.2. The first-order valence-electron chi connectivity index (χ1n) is 6.09. The minimum atomic E-state index is -0.238. The van der Waals surface area contributed by atoms with Gasteiger partial charge in [0.25, 0.3) is 5.91 Å². The van der Waals surface area contributed by atoms with Gasteiger partial charge in [-0.15, -0.1) is 0 Å². The van der Waals surface area contributed by atoms with Crippen LogP contribution in [0.3, 0.4) is 0 Å². The molecule has 0 saturated heterocycles. The van der Waals surface area contributed by atoms with Crippen LogP contribution in [-0.2, 0) is 5.54 Å². The zero-order valence-electron chi connectivity index (χ0n) is 10.2. The number of nitrogens with one attached hydrogen (secondary N) is 1. The number of nitrogens with zero attached hydrogens (tertiary/aromatic N) is 1. The molecule has 1 amide bonds. The van der Waals surface area contributed by atoms with Crippen LogP contribution in [0.5, 0.6) is 0 Å². The van der Waals surface area contributed by atoms with E-state index in [1.807, 2.05) is 14.0 Å². The molecule has 1 aliphatic heterocycles. The Morgan fingerprint density at radius 1 is 1.29 bits per heavy atom. The second-order valence-corrected chi connectivity index (χ2v) is 5.17. The first kappa shape index (κ1) is 10.6. The lowest BCUT2D eigenvalue weighted by Crippen LogP contribution is -2.38. The van der Waals surface area contributed by atoms with Crippen molar-refractivity contribution in [2.24, 2.45) is 0 Å². The Bertz CT molecular complexity index is 553. The summed E-state index contributed by atoms with van der Waals surface area (Å²) in [4.78, 5) is 29.2. The second kappa shape index (κ2) is 3.22. The Morgan fingerprint density at radius 2 is 1.94 bits per heavy atom. The minimum absolute atomic E-state index is 0.122. The van der Waals surface area contributed by atoms with Crippen molar-refractivity contribution in [3.05, 3.63) is 33.2 Å². The van der Waals surface area contributed by atoms with Gasteiger partial charge in [-0.1, -0.05) is 12.8 Å². The third-order valence-electron chi connectivity index (χ3n) is 4.22. The molecule has 1 aromatic rings. The molecule has 1 saturated carbocycles. The van der Waals surface area contributed by atoms with Crippen LogP contribution in [0.25, 0.3) is 0 Å². The fourth-order valence-electron chi connectivity index (χ4n) is 3.32. The third kappa shape index (κ3) is 1.18. The van der Waals surface area contributed by atoms with Crippen molar-refractivity contribution in [3.8, 4) is 0 Å². The molecule has 0 radical (unpaired) electrons. The lowest BCUT2D eigenvalue weighted by Gasteiger charge is -2.32. The molecular weight excluding hydrogens is 216 g/mol. The highest BCUT2D eigenvalue weighted by Gasteiger charge is 2.51. The predicted octanol–water partition coefficient (Wildman–Crippen LogP) is 1.54. The van der Waals surface area contributed by atoms with Crippen molar-refractivity contribution in [2.45, 2.75) is 38.1 Å². The number of carbonyl (C=O) groups is 1. The maximum absolute atomic E-state index is 12.2. The van der Waals surface area contributed by atoms with Gasteiger partial charge in [0.2, 0.25) is 0 Å². The molecular formula is C13H16N2O2. The standard InChI is InChI=1S/C13H16N2O2/c1-8-7-9(16)10-11(14-8)13(5-3-4-6-13)15(2)12(10)17/h7H,3-6H2,1-2H3,(H,14,16). The van der Waals surface area contributed by atoms with E-state index in [0.717, 1.165) is 37.1 Å². The summed E-state index contributed by atoms with van der Waals surface area (Å²) < 4.78 is 0. The molecule has 1 N–H and O–H groups in total. The number of rotatable bonds is 0. The summed E-state index contributed by atoms with van der Waals surface area (Å²) in [7, 11) is 1.82. The molecule has 4 nitrogen and oxygen atoms in total. The molecule has 90 valence electrons. The van der Waals surface area contributed by atoms with Crippen LogP contribution in [0.4, 0.5) is 0 Å². The number of amides is 1. The van der Waals surface area contributed by atoms with E-state index in [9.17, 15) is 9.59 Å². The summed E-state index contributed by atoms with van der Waals surface area (Å²) in [5.74, 6) is -0.122. The third-order valence-corrected chi connectivity index (χ3v) is 4.22. The fraction of sp³-hybridized carbons (Fsp3) is 0.538. The van der Waals surface area contributed by atoms with Gasteiger partial charge in [-0.05, 0) is 19.8 Å². The number of H-pyrrole nitrogens is 1. The van der Waals surface area contributed by atoms with Crippen molar-refractivity contribution >= 4 is 5.91 Å². The van der Waals surface area contributed by atoms with E-state index in [2.05, 4.69) is 4.98 Å². The number of pyridine rings is 1. The Labute approximate surface area is 99.6 Å². The van der Waals surface area contributed by atoms with Crippen molar-refractivity contribution in [1.82, 2.24) is 9.88 Å². The van der Waals surface area contributed by atoms with E-state index >= 15 is 0 Å². The Morgan fingerprint density at radius 3 is 2.59 bits per heavy atom. The maximum atomic E-state index is 12.2. The first-order valence-corrected chi connectivity index (χ1v) is 6.09. The lowest BCUT2D eigenvalue weighted by molar-refractivity contribution is 0.0636. The van der Waals surface area contributed by atoms with Crippen LogP contribution >= 0.6 is 0 Å². The van der Waals surface area contributed by atoms with Gasteiger partial charge in [-0.3, -0.25) is 9.59 Å². The number of aromatic nitrogens is 1. The summed E-state index contributed by atoms with van der Waals surface area (Å²) in [5.41, 5.74) is 1.67. The average Bonchev–Trinajstić information content (AvgIpc) is 2.82. The average molecular weight is 232 g/mol. The predicted molar refractivity (Wildman–Crippen MR) is 64.0 cm³/mol. The van der Waals surface area contributed by atoms with Crippen LogP contribution in [0, 0.1) is 6.92 Å². The molecule has 1 aliphatic carbocycles. The van der Waals surface area contributed by atoms with Crippen LogP contribution in [-0.4, -0.2) is 22.8 Å². The second-order valence-electron chi connectivity index (χ2n) is 5.17. The minimum Gasteiger partial charge on any atom is -0.360 e. The molecule has 17 heavy (non-hydrogen) atoms. The highest BCUT2D eigenvalue weighted by atomic mass is 16.2. The van der Waals surface area contributed by atoms with Gasteiger partial charge in [-0.2, -0.15) is 0 Å². The number of carbonyl (C=O) groups excluding carboxylic acids is 1. The number of aryl methyl sites for hydroxylation is 1. The van der Waals surface area contributed by atoms with Crippen LogP contribution < -0.4 is 5.43 Å². The first-order chi connectivity index (χ1) is 8.06. The lowest BCUT2D eigenvalue weighted by atomic mass is 9.92. The Hall–Kier alpha value is -1.58.